The average molecular weight is 385 g/mol. The van der Waals surface area contributed by atoms with Crippen molar-refractivity contribution < 1.29 is 23.3 Å². The van der Waals surface area contributed by atoms with Gasteiger partial charge in [-0.2, -0.15) is 0 Å². The number of benzene rings is 2. The highest BCUT2D eigenvalue weighted by Gasteiger charge is 2.50. The zero-order valence-corrected chi connectivity index (χ0v) is 15.0. The average Bonchev–Trinajstić information content (AvgIpc) is 2.75. The van der Waals surface area contributed by atoms with E-state index in [-0.39, 0.29) is 13.2 Å². The fraction of sp³-hybridized carbons (Fsp3) is 0.400. The Morgan fingerprint density at radius 1 is 1.07 bits per heavy atom. The van der Waals surface area contributed by atoms with Crippen molar-refractivity contribution in [3.05, 3.63) is 82.2 Å². The van der Waals surface area contributed by atoms with Crippen LogP contribution in [0.2, 0.25) is 0 Å². The topological polar surface area (TPSA) is 85.7 Å². The van der Waals surface area contributed by atoms with Crippen LogP contribution in [0.4, 0.5) is 4.39 Å². The van der Waals surface area contributed by atoms with E-state index in [4.69, 9.17) is 24.5 Å². The SMILES string of the molecule is [N-]=[N+]=N[C@@H]1[C@H](F)[C@@H](OCc2ccccc2)O[C@@H]2COC(c3ccccc3)O[C@@H]12. The van der Waals surface area contributed by atoms with E-state index in [1.54, 1.807) is 0 Å². The molecule has 2 heterocycles. The molecule has 6 atom stereocenters. The second kappa shape index (κ2) is 8.68. The van der Waals surface area contributed by atoms with E-state index in [0.717, 1.165) is 11.1 Å². The fourth-order valence-corrected chi connectivity index (χ4v) is 3.41. The van der Waals surface area contributed by atoms with Gasteiger partial charge >= 0.3 is 0 Å². The Kier molecular flexibility index (Phi) is 5.85. The van der Waals surface area contributed by atoms with Crippen LogP contribution < -0.4 is 0 Å². The van der Waals surface area contributed by atoms with Gasteiger partial charge in [-0.1, -0.05) is 65.8 Å². The van der Waals surface area contributed by atoms with Crippen LogP contribution in [0.25, 0.3) is 10.4 Å². The van der Waals surface area contributed by atoms with E-state index >= 15 is 4.39 Å². The Labute approximate surface area is 161 Å². The van der Waals surface area contributed by atoms with Gasteiger partial charge in [-0.15, -0.1) is 0 Å². The number of hydrogen-bond acceptors (Lipinski definition) is 5. The van der Waals surface area contributed by atoms with E-state index in [0.29, 0.717) is 0 Å². The number of azide groups is 1. The maximum Gasteiger partial charge on any atom is 0.190 e. The van der Waals surface area contributed by atoms with Gasteiger partial charge in [-0.05, 0) is 11.1 Å². The summed E-state index contributed by atoms with van der Waals surface area (Å²) in [5, 5.41) is 3.65. The Balaban J connectivity index is 1.48. The van der Waals surface area contributed by atoms with Crippen molar-refractivity contribution in [3.63, 3.8) is 0 Å². The lowest BCUT2D eigenvalue weighted by atomic mass is 9.96. The Morgan fingerprint density at radius 2 is 1.79 bits per heavy atom. The third kappa shape index (κ3) is 4.01. The van der Waals surface area contributed by atoms with Gasteiger partial charge in [0, 0.05) is 10.5 Å². The molecular weight excluding hydrogens is 365 g/mol. The molecule has 0 aliphatic carbocycles. The summed E-state index contributed by atoms with van der Waals surface area (Å²) in [6.45, 7) is 0.361. The summed E-state index contributed by atoms with van der Waals surface area (Å²) >= 11 is 0. The van der Waals surface area contributed by atoms with Gasteiger partial charge in [-0.3, -0.25) is 0 Å². The molecule has 2 fully saturated rings. The first-order chi connectivity index (χ1) is 13.8. The molecule has 146 valence electrons. The van der Waals surface area contributed by atoms with Crippen molar-refractivity contribution in [1.82, 2.24) is 0 Å². The third-order valence-electron chi connectivity index (χ3n) is 4.80. The standard InChI is InChI=1S/C20H20FN3O4/c21-16-17(23-24-22)18-15(12-26-19(28-18)14-9-5-2-6-10-14)27-20(16)25-11-13-7-3-1-4-8-13/h1-10,15-20H,11-12H2/t15-,16+,17-,18-,19?,20+/m1/s1. The van der Waals surface area contributed by atoms with Gasteiger partial charge in [0.15, 0.2) is 18.8 Å². The second-order valence-electron chi connectivity index (χ2n) is 6.66. The van der Waals surface area contributed by atoms with Gasteiger partial charge < -0.3 is 18.9 Å². The molecule has 0 amide bonds. The van der Waals surface area contributed by atoms with Gasteiger partial charge in [0.25, 0.3) is 0 Å². The summed E-state index contributed by atoms with van der Waals surface area (Å²) in [7, 11) is 0. The molecule has 8 heteroatoms. The van der Waals surface area contributed by atoms with E-state index < -0.39 is 37.0 Å². The quantitative estimate of drug-likeness (QED) is 0.441. The van der Waals surface area contributed by atoms with Crippen molar-refractivity contribution in [2.24, 2.45) is 5.11 Å². The zero-order chi connectivity index (χ0) is 19.3. The van der Waals surface area contributed by atoms with Crippen LogP contribution in [0.15, 0.2) is 65.8 Å². The first kappa shape index (κ1) is 18.9. The van der Waals surface area contributed by atoms with Crippen molar-refractivity contribution >= 4 is 0 Å². The first-order valence-electron chi connectivity index (χ1n) is 9.07. The Morgan fingerprint density at radius 3 is 2.50 bits per heavy atom. The lowest BCUT2D eigenvalue weighted by molar-refractivity contribution is -0.336. The number of alkyl halides is 1. The molecule has 2 aliphatic heterocycles. The highest BCUT2D eigenvalue weighted by atomic mass is 19.1. The molecule has 0 spiro atoms. The minimum absolute atomic E-state index is 0.180. The van der Waals surface area contributed by atoms with Crippen molar-refractivity contribution in [2.75, 3.05) is 6.61 Å². The van der Waals surface area contributed by atoms with Gasteiger partial charge in [0.05, 0.1) is 13.2 Å². The minimum atomic E-state index is -1.66. The van der Waals surface area contributed by atoms with Crippen LogP contribution >= 0.6 is 0 Å². The Bertz CT molecular complexity index is 819. The number of halogens is 1. The monoisotopic (exact) mass is 385 g/mol. The number of nitrogens with zero attached hydrogens (tertiary/aromatic N) is 3. The smallest absolute Gasteiger partial charge is 0.190 e. The van der Waals surface area contributed by atoms with E-state index in [2.05, 4.69) is 10.0 Å². The predicted octanol–water partition coefficient (Wildman–Crippen LogP) is 4.06. The summed E-state index contributed by atoms with van der Waals surface area (Å²) < 4.78 is 38.1. The minimum Gasteiger partial charge on any atom is -0.346 e. The highest BCUT2D eigenvalue weighted by Crippen LogP contribution is 2.36. The number of ether oxygens (including phenoxy) is 4. The van der Waals surface area contributed by atoms with Crippen molar-refractivity contribution in [1.29, 1.82) is 0 Å². The van der Waals surface area contributed by atoms with Crippen LogP contribution in [0.3, 0.4) is 0 Å². The summed E-state index contributed by atoms with van der Waals surface area (Å²) in [5.41, 5.74) is 10.6. The summed E-state index contributed by atoms with van der Waals surface area (Å²) in [4.78, 5) is 2.80. The molecule has 0 bridgehead atoms. The lowest BCUT2D eigenvalue weighted by Crippen LogP contribution is -2.60. The molecule has 2 aromatic carbocycles. The van der Waals surface area contributed by atoms with Gasteiger partial charge in [0.1, 0.15) is 18.2 Å². The van der Waals surface area contributed by atoms with Gasteiger partial charge in [0.2, 0.25) is 0 Å². The molecule has 4 rings (SSSR count). The molecule has 2 aliphatic rings. The van der Waals surface area contributed by atoms with Crippen LogP contribution in [0, 0.1) is 0 Å². The first-order valence-corrected chi connectivity index (χ1v) is 9.07. The fourth-order valence-electron chi connectivity index (χ4n) is 3.41. The van der Waals surface area contributed by atoms with Crippen LogP contribution in [0.5, 0.6) is 0 Å². The molecule has 0 aromatic heterocycles. The molecule has 7 nitrogen and oxygen atoms in total. The van der Waals surface area contributed by atoms with Crippen molar-refractivity contribution in [2.45, 2.75) is 43.6 Å². The number of hydrogen-bond donors (Lipinski definition) is 0. The largest absolute Gasteiger partial charge is 0.346 e. The maximum atomic E-state index is 15.1. The van der Waals surface area contributed by atoms with Crippen LogP contribution in [-0.2, 0) is 25.6 Å². The summed E-state index contributed by atoms with van der Waals surface area (Å²) in [6.07, 6.45) is -4.85. The lowest BCUT2D eigenvalue weighted by Gasteiger charge is -2.45. The molecule has 0 saturated carbocycles. The second-order valence-corrected chi connectivity index (χ2v) is 6.66. The van der Waals surface area contributed by atoms with Crippen LogP contribution in [0.1, 0.15) is 17.4 Å². The molecule has 0 N–H and O–H groups in total. The number of rotatable bonds is 5. The van der Waals surface area contributed by atoms with E-state index in [1.807, 2.05) is 60.7 Å². The summed E-state index contributed by atoms with van der Waals surface area (Å²) in [6, 6.07) is 17.6. The Hall–Kier alpha value is -2.48. The predicted molar refractivity (Wildman–Crippen MR) is 97.7 cm³/mol. The maximum absolute atomic E-state index is 15.1. The van der Waals surface area contributed by atoms with E-state index in [9.17, 15) is 0 Å². The molecular formula is C20H20FN3O4. The molecule has 1 unspecified atom stereocenters. The summed E-state index contributed by atoms with van der Waals surface area (Å²) in [5.74, 6) is 0. The number of fused-ring (bicyclic) bond motifs is 1. The molecule has 2 saturated heterocycles. The van der Waals surface area contributed by atoms with Crippen LogP contribution in [-0.4, -0.2) is 37.3 Å². The molecule has 2 aromatic rings. The van der Waals surface area contributed by atoms with Gasteiger partial charge in [-0.25, -0.2) is 4.39 Å². The third-order valence-corrected chi connectivity index (χ3v) is 4.80. The highest BCUT2D eigenvalue weighted by molar-refractivity contribution is 5.17. The van der Waals surface area contributed by atoms with E-state index in [1.165, 1.54) is 0 Å². The normalized spacial score (nSPS) is 32.2. The van der Waals surface area contributed by atoms with Crippen molar-refractivity contribution in [3.8, 4) is 0 Å². The molecule has 0 radical (unpaired) electrons. The zero-order valence-electron chi connectivity index (χ0n) is 15.0. The molecule has 28 heavy (non-hydrogen) atoms.